The number of nitrogens with one attached hydrogen (secondary N) is 2. The first-order valence-electron chi connectivity index (χ1n) is 8.48. The largest absolute Gasteiger partial charge is 0.391 e. The summed E-state index contributed by atoms with van der Waals surface area (Å²) in [5.74, 6) is 0.129. The van der Waals surface area contributed by atoms with E-state index in [0.29, 0.717) is 17.9 Å². The second kappa shape index (κ2) is 6.33. The quantitative estimate of drug-likeness (QED) is 0.673. The molecule has 130 valence electrons. The Morgan fingerprint density at radius 2 is 2.36 bits per heavy atom. The Morgan fingerprint density at radius 1 is 1.48 bits per heavy atom. The predicted octanol–water partition coefficient (Wildman–Crippen LogP) is 1.64. The van der Waals surface area contributed by atoms with Gasteiger partial charge < -0.3 is 20.0 Å². The Kier molecular flexibility index (Phi) is 4.01. The summed E-state index contributed by atoms with van der Waals surface area (Å²) in [4.78, 5) is 24.0. The van der Waals surface area contributed by atoms with Gasteiger partial charge in [-0.15, -0.1) is 0 Å². The van der Waals surface area contributed by atoms with Crippen LogP contribution < -0.4 is 5.32 Å². The highest BCUT2D eigenvalue weighted by molar-refractivity contribution is 5.97. The number of hydrogen-bond acceptors (Lipinski definition) is 4. The minimum atomic E-state index is -0.525. The van der Waals surface area contributed by atoms with Crippen molar-refractivity contribution < 1.29 is 9.90 Å². The van der Waals surface area contributed by atoms with Gasteiger partial charge in [0.05, 0.1) is 24.0 Å². The summed E-state index contributed by atoms with van der Waals surface area (Å²) < 4.78 is 2.01. The number of aliphatic hydroxyl groups is 1. The maximum absolute atomic E-state index is 12.6. The smallest absolute Gasteiger partial charge is 0.253 e. The van der Waals surface area contributed by atoms with E-state index in [9.17, 15) is 9.90 Å². The minimum Gasteiger partial charge on any atom is -0.391 e. The number of aromatic nitrogens is 4. The van der Waals surface area contributed by atoms with Crippen molar-refractivity contribution in [3.05, 3.63) is 48.3 Å². The summed E-state index contributed by atoms with van der Waals surface area (Å²) in [5.41, 5.74) is 2.34. The van der Waals surface area contributed by atoms with Crippen LogP contribution in [-0.2, 0) is 6.54 Å². The highest BCUT2D eigenvalue weighted by Crippen LogP contribution is 2.28. The van der Waals surface area contributed by atoms with Crippen molar-refractivity contribution in [3.63, 3.8) is 0 Å². The van der Waals surface area contributed by atoms with Crippen molar-refractivity contribution in [3.8, 4) is 0 Å². The fourth-order valence-electron chi connectivity index (χ4n) is 3.63. The van der Waals surface area contributed by atoms with Crippen molar-refractivity contribution in [2.75, 3.05) is 0 Å². The van der Waals surface area contributed by atoms with Crippen LogP contribution in [0, 0.1) is 12.8 Å². The van der Waals surface area contributed by atoms with Crippen molar-refractivity contribution in [2.45, 2.75) is 38.5 Å². The molecule has 0 bridgehead atoms. The van der Waals surface area contributed by atoms with Gasteiger partial charge in [0.15, 0.2) is 0 Å². The molecule has 0 spiro atoms. The number of pyridine rings is 1. The van der Waals surface area contributed by atoms with Crippen LogP contribution in [0.3, 0.4) is 0 Å². The van der Waals surface area contributed by atoms with Gasteiger partial charge in [0.25, 0.3) is 5.91 Å². The van der Waals surface area contributed by atoms with E-state index in [-0.39, 0.29) is 11.9 Å². The molecule has 3 aromatic heterocycles. The Hall–Kier alpha value is -2.67. The van der Waals surface area contributed by atoms with E-state index in [1.165, 1.54) is 0 Å². The zero-order chi connectivity index (χ0) is 17.4. The average Bonchev–Trinajstić information content (AvgIpc) is 3.31. The minimum absolute atomic E-state index is 0.192. The second-order valence-electron chi connectivity index (χ2n) is 6.84. The Bertz CT molecular complexity index is 886. The van der Waals surface area contributed by atoms with Crippen LogP contribution in [0.15, 0.2) is 37.2 Å². The summed E-state index contributed by atoms with van der Waals surface area (Å²) in [6.07, 6.45) is 9.79. The summed E-state index contributed by atoms with van der Waals surface area (Å²) in [5, 5.41) is 14.2. The van der Waals surface area contributed by atoms with Gasteiger partial charge in [0.2, 0.25) is 0 Å². The van der Waals surface area contributed by atoms with Crippen molar-refractivity contribution in [1.82, 2.24) is 24.8 Å². The maximum Gasteiger partial charge on any atom is 0.253 e. The van der Waals surface area contributed by atoms with Gasteiger partial charge in [-0.05, 0) is 37.3 Å². The molecular weight excluding hydrogens is 318 g/mol. The predicted molar refractivity (Wildman–Crippen MR) is 93.0 cm³/mol. The number of aryl methyl sites for hydroxylation is 1. The topological polar surface area (TPSA) is 95.8 Å². The lowest BCUT2D eigenvalue weighted by molar-refractivity contribution is 0.0872. The Balaban J connectivity index is 1.43. The highest BCUT2D eigenvalue weighted by Gasteiger charge is 2.34. The lowest BCUT2D eigenvalue weighted by Gasteiger charge is -2.16. The molecule has 3 N–H and O–H groups in total. The van der Waals surface area contributed by atoms with Crippen LogP contribution in [0.1, 0.15) is 28.8 Å². The van der Waals surface area contributed by atoms with Gasteiger partial charge in [-0.1, -0.05) is 0 Å². The average molecular weight is 339 g/mol. The third kappa shape index (κ3) is 3.15. The standard InChI is InChI=1S/C18H21N5O2/c1-11-7-20-17-14(11)6-13(8-21-17)18(25)22-15-4-12(5-16(15)24)9-23-3-2-19-10-23/h2-3,6-8,10,12,15-16,24H,4-5,9H2,1H3,(H,20,21)(H,22,25)/t12?,15-,16-/m1/s1. The van der Waals surface area contributed by atoms with Gasteiger partial charge in [0.1, 0.15) is 5.65 Å². The van der Waals surface area contributed by atoms with E-state index >= 15 is 0 Å². The first-order valence-corrected chi connectivity index (χ1v) is 8.48. The molecule has 1 aliphatic rings. The fraction of sp³-hybridized carbons (Fsp3) is 0.389. The normalized spacial score (nSPS) is 23.2. The first kappa shape index (κ1) is 15.8. The number of aromatic amines is 1. The SMILES string of the molecule is Cc1c[nH]c2ncc(C(=O)N[C@@H]3CC(Cn4ccnc4)C[C@H]3O)cc12. The first-order chi connectivity index (χ1) is 12.1. The molecule has 1 fully saturated rings. The van der Waals surface area contributed by atoms with Crippen LogP contribution >= 0.6 is 0 Å². The molecule has 0 aromatic carbocycles. The molecule has 1 aliphatic carbocycles. The molecule has 3 heterocycles. The zero-order valence-corrected chi connectivity index (χ0v) is 14.0. The molecule has 1 amide bonds. The number of H-pyrrole nitrogens is 1. The molecule has 25 heavy (non-hydrogen) atoms. The van der Waals surface area contributed by atoms with Crippen LogP contribution in [0.4, 0.5) is 0 Å². The molecule has 1 unspecified atom stereocenters. The molecule has 7 heteroatoms. The summed E-state index contributed by atoms with van der Waals surface area (Å²) in [7, 11) is 0. The number of nitrogens with zero attached hydrogens (tertiary/aromatic N) is 3. The number of carbonyl (C=O) groups is 1. The zero-order valence-electron chi connectivity index (χ0n) is 14.0. The molecule has 4 rings (SSSR count). The van der Waals surface area contributed by atoms with E-state index in [4.69, 9.17) is 0 Å². The van der Waals surface area contributed by atoms with E-state index in [1.807, 2.05) is 30.0 Å². The summed E-state index contributed by atoms with van der Waals surface area (Å²) >= 11 is 0. The third-order valence-electron chi connectivity index (χ3n) is 4.97. The lowest BCUT2D eigenvalue weighted by Crippen LogP contribution is -2.39. The second-order valence-corrected chi connectivity index (χ2v) is 6.84. The Labute approximate surface area is 145 Å². The van der Waals surface area contributed by atoms with Gasteiger partial charge >= 0.3 is 0 Å². The van der Waals surface area contributed by atoms with Gasteiger partial charge in [-0.25, -0.2) is 9.97 Å². The monoisotopic (exact) mass is 339 g/mol. The van der Waals surface area contributed by atoms with Crippen LogP contribution in [0.5, 0.6) is 0 Å². The number of hydrogen-bond donors (Lipinski definition) is 3. The molecule has 0 aliphatic heterocycles. The number of amides is 1. The molecular formula is C18H21N5O2. The fourth-order valence-corrected chi connectivity index (χ4v) is 3.63. The molecule has 0 saturated heterocycles. The molecule has 3 atom stereocenters. The summed E-state index contributed by atoms with van der Waals surface area (Å²) in [6, 6.07) is 1.61. The van der Waals surface area contributed by atoms with Crippen molar-refractivity contribution in [2.24, 2.45) is 5.92 Å². The molecule has 1 saturated carbocycles. The highest BCUT2D eigenvalue weighted by atomic mass is 16.3. The molecule has 7 nitrogen and oxygen atoms in total. The lowest BCUT2D eigenvalue weighted by atomic mass is 10.1. The van der Waals surface area contributed by atoms with E-state index < -0.39 is 6.10 Å². The van der Waals surface area contributed by atoms with Crippen molar-refractivity contribution >= 4 is 16.9 Å². The molecule has 3 aromatic rings. The van der Waals surface area contributed by atoms with E-state index in [1.54, 1.807) is 18.7 Å². The van der Waals surface area contributed by atoms with E-state index in [0.717, 1.165) is 29.6 Å². The maximum atomic E-state index is 12.6. The number of imidazole rings is 1. The van der Waals surface area contributed by atoms with Crippen LogP contribution in [0.25, 0.3) is 11.0 Å². The molecule has 0 radical (unpaired) electrons. The Morgan fingerprint density at radius 3 is 3.16 bits per heavy atom. The number of aliphatic hydroxyl groups excluding tert-OH is 1. The number of carbonyl (C=O) groups excluding carboxylic acids is 1. The van der Waals surface area contributed by atoms with E-state index in [2.05, 4.69) is 20.3 Å². The van der Waals surface area contributed by atoms with Gasteiger partial charge in [-0.2, -0.15) is 0 Å². The number of fused-ring (bicyclic) bond motifs is 1. The number of rotatable bonds is 4. The van der Waals surface area contributed by atoms with Gasteiger partial charge in [0, 0.05) is 36.7 Å². The van der Waals surface area contributed by atoms with Crippen LogP contribution in [0.2, 0.25) is 0 Å². The third-order valence-corrected chi connectivity index (χ3v) is 4.97. The summed E-state index contributed by atoms with van der Waals surface area (Å²) in [6.45, 7) is 2.78. The van der Waals surface area contributed by atoms with Crippen molar-refractivity contribution in [1.29, 1.82) is 0 Å². The van der Waals surface area contributed by atoms with Gasteiger partial charge in [-0.3, -0.25) is 4.79 Å². The van der Waals surface area contributed by atoms with Crippen LogP contribution in [-0.4, -0.2) is 42.7 Å².